The average Bonchev–Trinajstić information content (AvgIpc) is 2.31. The summed E-state index contributed by atoms with van der Waals surface area (Å²) in [6.45, 7) is 4.00. The van der Waals surface area contributed by atoms with Crippen LogP contribution in [-0.4, -0.2) is 24.5 Å². The van der Waals surface area contributed by atoms with Crippen molar-refractivity contribution in [3.8, 4) is 5.75 Å². The van der Waals surface area contributed by atoms with Gasteiger partial charge in [0.25, 0.3) is 0 Å². The second-order valence-electron chi connectivity index (χ2n) is 2.38. The molecule has 4 nitrogen and oxygen atoms in total. The Morgan fingerprint density at radius 1 is 1.40 bits per heavy atom. The van der Waals surface area contributed by atoms with E-state index in [0.29, 0.717) is 6.29 Å². The number of ether oxygens (including phenoxy) is 1. The molecule has 1 rings (SSSR count). The maximum absolute atomic E-state index is 11.0. The zero-order valence-corrected chi connectivity index (χ0v) is 8.98. The third-order valence-corrected chi connectivity index (χ3v) is 1.58. The van der Waals surface area contributed by atoms with E-state index in [2.05, 4.69) is 4.74 Å². The largest absolute Gasteiger partial charge is 0.507 e. The highest BCUT2D eigenvalue weighted by Gasteiger charge is 2.08. The Bertz CT molecular complexity index is 344. The van der Waals surface area contributed by atoms with E-state index in [-0.39, 0.29) is 16.9 Å². The van der Waals surface area contributed by atoms with Gasteiger partial charge >= 0.3 is 5.97 Å². The molecule has 0 saturated heterocycles. The molecule has 0 unspecified atom stereocenters. The Morgan fingerprint density at radius 2 is 2.00 bits per heavy atom. The van der Waals surface area contributed by atoms with E-state index in [4.69, 9.17) is 5.11 Å². The summed E-state index contributed by atoms with van der Waals surface area (Å²) in [5.41, 5.74) is 0.310. The summed E-state index contributed by atoms with van der Waals surface area (Å²) >= 11 is 0. The van der Waals surface area contributed by atoms with Crippen molar-refractivity contribution in [2.45, 2.75) is 13.8 Å². The van der Waals surface area contributed by atoms with Crippen LogP contribution in [0.2, 0.25) is 0 Å². The number of benzene rings is 1. The number of aldehydes is 1. The average molecular weight is 210 g/mol. The van der Waals surface area contributed by atoms with Gasteiger partial charge in [0.1, 0.15) is 5.75 Å². The van der Waals surface area contributed by atoms with Crippen molar-refractivity contribution in [2.24, 2.45) is 0 Å². The second kappa shape index (κ2) is 6.59. The second-order valence-corrected chi connectivity index (χ2v) is 2.38. The summed E-state index contributed by atoms with van der Waals surface area (Å²) in [5.74, 6) is -0.689. The Hall–Kier alpha value is -1.84. The molecule has 0 bridgehead atoms. The smallest absolute Gasteiger partial charge is 0.337 e. The first-order valence-electron chi connectivity index (χ1n) is 4.55. The summed E-state index contributed by atoms with van der Waals surface area (Å²) in [6, 6.07) is 3.93. The van der Waals surface area contributed by atoms with Crippen LogP contribution in [0.1, 0.15) is 34.6 Å². The van der Waals surface area contributed by atoms with Crippen LogP contribution in [0, 0.1) is 0 Å². The van der Waals surface area contributed by atoms with Gasteiger partial charge in [0.15, 0.2) is 6.29 Å². The van der Waals surface area contributed by atoms with Crippen LogP contribution in [0.25, 0.3) is 0 Å². The normalized spacial score (nSPS) is 8.47. The van der Waals surface area contributed by atoms with Crippen LogP contribution >= 0.6 is 0 Å². The molecule has 0 aromatic heterocycles. The lowest BCUT2D eigenvalue weighted by molar-refractivity contribution is 0.0600. The SMILES string of the molecule is CC.COC(=O)c1ccc(O)c(C=O)c1. The molecule has 0 aliphatic carbocycles. The van der Waals surface area contributed by atoms with Gasteiger partial charge in [-0.3, -0.25) is 4.79 Å². The van der Waals surface area contributed by atoms with Crippen molar-refractivity contribution in [1.29, 1.82) is 0 Å². The lowest BCUT2D eigenvalue weighted by Crippen LogP contribution is -2.01. The summed E-state index contributed by atoms with van der Waals surface area (Å²) in [6.07, 6.45) is 0.474. The van der Waals surface area contributed by atoms with Crippen molar-refractivity contribution >= 4 is 12.3 Å². The van der Waals surface area contributed by atoms with Gasteiger partial charge < -0.3 is 9.84 Å². The first-order chi connectivity index (χ1) is 7.19. The van der Waals surface area contributed by atoms with Crippen molar-refractivity contribution < 1.29 is 19.4 Å². The fourth-order valence-corrected chi connectivity index (χ4v) is 0.894. The molecule has 0 saturated carbocycles. The van der Waals surface area contributed by atoms with Crippen LogP contribution in [0.4, 0.5) is 0 Å². The summed E-state index contributed by atoms with van der Waals surface area (Å²) < 4.78 is 4.44. The molecule has 0 amide bonds. The van der Waals surface area contributed by atoms with Gasteiger partial charge in [-0.15, -0.1) is 0 Å². The Balaban J connectivity index is 0.000000921. The Kier molecular flexibility index (Phi) is 5.78. The van der Waals surface area contributed by atoms with Gasteiger partial charge in [-0.05, 0) is 18.2 Å². The van der Waals surface area contributed by atoms with Gasteiger partial charge in [-0.2, -0.15) is 0 Å². The van der Waals surface area contributed by atoms with Gasteiger partial charge in [0, 0.05) is 0 Å². The third-order valence-electron chi connectivity index (χ3n) is 1.58. The highest BCUT2D eigenvalue weighted by Crippen LogP contribution is 2.16. The van der Waals surface area contributed by atoms with Crippen molar-refractivity contribution in [3.63, 3.8) is 0 Å². The van der Waals surface area contributed by atoms with Gasteiger partial charge in [-0.1, -0.05) is 13.8 Å². The lowest BCUT2D eigenvalue weighted by atomic mass is 10.1. The Labute approximate surface area is 88.5 Å². The maximum atomic E-state index is 11.0. The van der Waals surface area contributed by atoms with Crippen LogP contribution in [-0.2, 0) is 4.74 Å². The molecular formula is C11H14O4. The minimum atomic E-state index is -0.539. The van der Waals surface area contributed by atoms with Crippen LogP contribution in [0.15, 0.2) is 18.2 Å². The maximum Gasteiger partial charge on any atom is 0.337 e. The van der Waals surface area contributed by atoms with E-state index >= 15 is 0 Å². The summed E-state index contributed by atoms with van der Waals surface area (Å²) in [5, 5.41) is 9.11. The van der Waals surface area contributed by atoms with Crippen LogP contribution in [0.3, 0.4) is 0 Å². The molecule has 0 atom stereocenters. The molecule has 15 heavy (non-hydrogen) atoms. The van der Waals surface area contributed by atoms with E-state index in [1.54, 1.807) is 0 Å². The van der Waals surface area contributed by atoms with E-state index < -0.39 is 5.97 Å². The summed E-state index contributed by atoms with van der Waals surface area (Å²) in [7, 11) is 1.25. The first kappa shape index (κ1) is 13.2. The monoisotopic (exact) mass is 210 g/mol. The van der Waals surface area contributed by atoms with Crippen LogP contribution in [0.5, 0.6) is 5.75 Å². The van der Waals surface area contributed by atoms with Crippen molar-refractivity contribution in [1.82, 2.24) is 0 Å². The number of carbonyl (C=O) groups is 2. The number of aromatic hydroxyl groups is 1. The van der Waals surface area contributed by atoms with Crippen LogP contribution < -0.4 is 0 Å². The first-order valence-corrected chi connectivity index (χ1v) is 4.55. The third kappa shape index (κ3) is 3.42. The van der Waals surface area contributed by atoms with E-state index in [9.17, 15) is 9.59 Å². The minimum absolute atomic E-state index is 0.0721. The standard InChI is InChI=1S/C9H8O4.C2H6/c1-13-9(12)6-2-3-8(11)7(4-6)5-10;1-2/h2-5,11H,1H3;1-2H3. The zero-order valence-electron chi connectivity index (χ0n) is 8.98. The fraction of sp³-hybridized carbons (Fsp3) is 0.273. The van der Waals surface area contributed by atoms with E-state index in [1.807, 2.05) is 13.8 Å². The molecule has 0 radical (unpaired) electrons. The fourth-order valence-electron chi connectivity index (χ4n) is 0.894. The molecule has 0 aliphatic rings. The Morgan fingerprint density at radius 3 is 2.47 bits per heavy atom. The predicted molar refractivity (Wildman–Crippen MR) is 56.2 cm³/mol. The highest BCUT2D eigenvalue weighted by atomic mass is 16.5. The van der Waals surface area contributed by atoms with E-state index in [0.717, 1.165) is 0 Å². The topological polar surface area (TPSA) is 63.6 Å². The van der Waals surface area contributed by atoms with Gasteiger partial charge in [0.2, 0.25) is 0 Å². The number of hydrogen-bond acceptors (Lipinski definition) is 4. The molecule has 1 aromatic carbocycles. The molecule has 82 valence electrons. The quantitative estimate of drug-likeness (QED) is 0.599. The van der Waals surface area contributed by atoms with Gasteiger partial charge in [-0.25, -0.2) is 4.79 Å². The number of esters is 1. The predicted octanol–water partition coefficient (Wildman–Crippen LogP) is 2.02. The molecular weight excluding hydrogens is 196 g/mol. The number of hydrogen-bond donors (Lipinski definition) is 1. The molecule has 0 aliphatic heterocycles. The summed E-state index contributed by atoms with van der Waals surface area (Å²) in [4.78, 5) is 21.4. The molecule has 0 heterocycles. The molecule has 0 fully saturated rings. The number of phenolic OH excluding ortho intramolecular Hbond substituents is 1. The lowest BCUT2D eigenvalue weighted by Gasteiger charge is -2.00. The molecule has 1 aromatic rings. The molecule has 1 N–H and O–H groups in total. The molecule has 4 heteroatoms. The minimum Gasteiger partial charge on any atom is -0.507 e. The van der Waals surface area contributed by atoms with Crippen molar-refractivity contribution in [2.75, 3.05) is 7.11 Å². The number of carbonyl (C=O) groups excluding carboxylic acids is 2. The zero-order chi connectivity index (χ0) is 11.8. The molecule has 0 spiro atoms. The number of phenols is 1. The van der Waals surface area contributed by atoms with E-state index in [1.165, 1.54) is 25.3 Å². The number of methoxy groups -OCH3 is 1. The number of rotatable bonds is 2. The highest BCUT2D eigenvalue weighted by molar-refractivity contribution is 5.92. The van der Waals surface area contributed by atoms with Gasteiger partial charge in [0.05, 0.1) is 18.2 Å². The van der Waals surface area contributed by atoms with Crippen molar-refractivity contribution in [3.05, 3.63) is 29.3 Å².